The quantitative estimate of drug-likeness (QED) is 0.230. The molecule has 0 radical (unpaired) electrons. The van der Waals surface area contributed by atoms with Crippen LogP contribution in [0.25, 0.3) is 0 Å². The smallest absolute Gasteiger partial charge is 0.264 e. The van der Waals surface area contributed by atoms with Gasteiger partial charge in [-0.2, -0.15) is 0 Å². The Balaban J connectivity index is 1.71. The molecule has 0 bridgehead atoms. The summed E-state index contributed by atoms with van der Waals surface area (Å²) in [6, 6.07) is 18.8. The molecule has 0 heterocycles. The third kappa shape index (κ3) is 8.07. The van der Waals surface area contributed by atoms with E-state index in [-0.39, 0.29) is 23.4 Å². The van der Waals surface area contributed by atoms with Crippen molar-refractivity contribution in [2.45, 2.75) is 69.0 Å². The van der Waals surface area contributed by atoms with Crippen LogP contribution in [0.3, 0.4) is 0 Å². The van der Waals surface area contributed by atoms with Gasteiger partial charge in [0, 0.05) is 27.1 Å². The zero-order chi connectivity index (χ0) is 30.3. The highest BCUT2D eigenvalue weighted by atomic mass is 79.9. The van der Waals surface area contributed by atoms with Crippen molar-refractivity contribution in [2.24, 2.45) is 0 Å². The van der Waals surface area contributed by atoms with Gasteiger partial charge in [0.05, 0.1) is 10.6 Å². The Hall–Kier alpha value is -2.59. The molecule has 1 fully saturated rings. The number of sulfonamides is 1. The number of nitrogens with one attached hydrogen (secondary N) is 1. The predicted octanol–water partition coefficient (Wildman–Crippen LogP) is 7.21. The number of halogens is 3. The molecule has 1 aliphatic rings. The van der Waals surface area contributed by atoms with Crippen LogP contribution >= 0.6 is 39.1 Å². The summed E-state index contributed by atoms with van der Waals surface area (Å²) in [7, 11) is -4.13. The first kappa shape index (κ1) is 32.3. The van der Waals surface area contributed by atoms with Gasteiger partial charge in [0.15, 0.2) is 0 Å². The lowest BCUT2D eigenvalue weighted by atomic mass is 9.95. The van der Waals surface area contributed by atoms with Crippen molar-refractivity contribution in [3.8, 4) is 0 Å². The molecule has 1 N–H and O–H groups in total. The molecule has 42 heavy (non-hydrogen) atoms. The van der Waals surface area contributed by atoms with Gasteiger partial charge in [-0.3, -0.25) is 13.9 Å². The van der Waals surface area contributed by atoms with Crippen LogP contribution in [0.2, 0.25) is 10.0 Å². The van der Waals surface area contributed by atoms with Crippen molar-refractivity contribution < 1.29 is 18.0 Å². The summed E-state index contributed by atoms with van der Waals surface area (Å²) in [5, 5.41) is 3.93. The average molecular weight is 696 g/mol. The summed E-state index contributed by atoms with van der Waals surface area (Å²) >= 11 is 16.0. The van der Waals surface area contributed by atoms with Gasteiger partial charge in [0.2, 0.25) is 11.8 Å². The number of hydrogen-bond donors (Lipinski definition) is 1. The van der Waals surface area contributed by atoms with E-state index >= 15 is 0 Å². The van der Waals surface area contributed by atoms with Crippen molar-refractivity contribution in [2.75, 3.05) is 10.8 Å². The summed E-state index contributed by atoms with van der Waals surface area (Å²) in [6.45, 7) is 1.32. The van der Waals surface area contributed by atoms with Crippen molar-refractivity contribution in [3.63, 3.8) is 0 Å². The second-order valence-electron chi connectivity index (χ2n) is 10.3. The Morgan fingerprint density at radius 1 is 0.976 bits per heavy atom. The Morgan fingerprint density at radius 3 is 2.26 bits per heavy atom. The van der Waals surface area contributed by atoms with Crippen LogP contribution in [0.4, 0.5) is 5.69 Å². The van der Waals surface area contributed by atoms with E-state index in [2.05, 4.69) is 21.2 Å². The second kappa shape index (κ2) is 14.7. The van der Waals surface area contributed by atoms with Gasteiger partial charge >= 0.3 is 0 Å². The Morgan fingerprint density at radius 2 is 1.64 bits per heavy atom. The molecule has 7 nitrogen and oxygen atoms in total. The minimum atomic E-state index is -4.13. The molecular weight excluding hydrogens is 661 g/mol. The predicted molar refractivity (Wildman–Crippen MR) is 171 cm³/mol. The molecule has 3 aromatic rings. The molecule has 1 saturated carbocycles. The number of hydrogen-bond acceptors (Lipinski definition) is 4. The topological polar surface area (TPSA) is 86.8 Å². The van der Waals surface area contributed by atoms with Crippen molar-refractivity contribution in [1.29, 1.82) is 0 Å². The van der Waals surface area contributed by atoms with E-state index < -0.39 is 28.5 Å². The third-order valence-corrected chi connectivity index (χ3v) is 10.3. The van der Waals surface area contributed by atoms with Crippen molar-refractivity contribution >= 4 is 66.7 Å². The number of benzene rings is 3. The molecule has 1 atom stereocenters. The SMILES string of the molecule is CCC(C(=O)NC1CCCCC1)N(Cc1ccc(Cl)cc1Cl)C(=O)CN(c1ccc(Br)cc1)S(=O)(=O)c1ccccc1. The summed E-state index contributed by atoms with van der Waals surface area (Å²) in [5.74, 6) is -0.793. The van der Waals surface area contributed by atoms with Gasteiger partial charge in [-0.15, -0.1) is 0 Å². The van der Waals surface area contributed by atoms with E-state index in [1.54, 1.807) is 60.7 Å². The lowest BCUT2D eigenvalue weighted by Gasteiger charge is -2.34. The fourth-order valence-corrected chi connectivity index (χ4v) is 7.32. The van der Waals surface area contributed by atoms with E-state index in [9.17, 15) is 18.0 Å². The number of carbonyl (C=O) groups is 2. The molecule has 3 aromatic carbocycles. The van der Waals surface area contributed by atoms with Gasteiger partial charge in [0.1, 0.15) is 12.6 Å². The van der Waals surface area contributed by atoms with Gasteiger partial charge in [0.25, 0.3) is 10.0 Å². The third-order valence-electron chi connectivity index (χ3n) is 7.42. The number of nitrogens with zero attached hydrogens (tertiary/aromatic N) is 2. The number of anilines is 1. The van der Waals surface area contributed by atoms with Crippen LogP contribution in [0, 0.1) is 0 Å². The van der Waals surface area contributed by atoms with E-state index in [1.165, 1.54) is 17.0 Å². The largest absolute Gasteiger partial charge is 0.352 e. The molecule has 0 spiro atoms. The van der Waals surface area contributed by atoms with Crippen molar-refractivity contribution in [3.05, 3.63) is 92.9 Å². The molecular formula is C31H34BrCl2N3O4S. The van der Waals surface area contributed by atoms with Crippen molar-refractivity contribution in [1.82, 2.24) is 10.2 Å². The normalized spacial score (nSPS) is 14.7. The van der Waals surface area contributed by atoms with Crippen LogP contribution in [0.1, 0.15) is 51.0 Å². The fraction of sp³-hybridized carbons (Fsp3) is 0.355. The van der Waals surface area contributed by atoms with Gasteiger partial charge < -0.3 is 10.2 Å². The standard InChI is InChI=1S/C31H34BrCl2N3O4S/c1-2-29(31(39)35-25-9-5-3-6-10-25)36(20-22-13-16-24(33)19-28(22)34)30(38)21-37(26-17-14-23(32)15-18-26)42(40,41)27-11-7-4-8-12-27/h4,7-8,11-19,25,29H,2-3,5-6,9-10,20-21H2,1H3,(H,35,39). The Labute approximate surface area is 266 Å². The van der Waals surface area contributed by atoms with Gasteiger partial charge in [-0.1, -0.05) is 89.6 Å². The maximum absolute atomic E-state index is 14.2. The van der Waals surface area contributed by atoms with E-state index in [1.807, 2.05) is 6.92 Å². The zero-order valence-electron chi connectivity index (χ0n) is 23.3. The highest BCUT2D eigenvalue weighted by molar-refractivity contribution is 9.10. The van der Waals surface area contributed by atoms with Gasteiger partial charge in [-0.25, -0.2) is 8.42 Å². The molecule has 4 rings (SSSR count). The minimum Gasteiger partial charge on any atom is -0.352 e. The average Bonchev–Trinajstić information content (AvgIpc) is 2.98. The lowest BCUT2D eigenvalue weighted by molar-refractivity contribution is -0.140. The monoisotopic (exact) mass is 693 g/mol. The first-order valence-electron chi connectivity index (χ1n) is 14.0. The van der Waals surface area contributed by atoms with E-state index in [0.717, 1.165) is 40.9 Å². The van der Waals surface area contributed by atoms with Gasteiger partial charge in [-0.05, 0) is 73.4 Å². The molecule has 0 aromatic heterocycles. The molecule has 1 unspecified atom stereocenters. The summed E-state index contributed by atoms with van der Waals surface area (Å²) in [4.78, 5) is 29.3. The molecule has 224 valence electrons. The molecule has 0 saturated heterocycles. The fourth-order valence-electron chi connectivity index (χ4n) is 5.15. The number of rotatable bonds is 11. The lowest BCUT2D eigenvalue weighted by Crippen LogP contribution is -2.54. The van der Waals surface area contributed by atoms with E-state index in [4.69, 9.17) is 23.2 Å². The number of amides is 2. The molecule has 11 heteroatoms. The highest BCUT2D eigenvalue weighted by Crippen LogP contribution is 2.28. The second-order valence-corrected chi connectivity index (χ2v) is 13.9. The maximum Gasteiger partial charge on any atom is 0.264 e. The first-order chi connectivity index (χ1) is 20.1. The first-order valence-corrected chi connectivity index (χ1v) is 17.0. The number of carbonyl (C=O) groups excluding carboxylic acids is 2. The Kier molecular flexibility index (Phi) is 11.3. The van der Waals surface area contributed by atoms with Crippen LogP contribution < -0.4 is 9.62 Å². The van der Waals surface area contributed by atoms with Crippen LogP contribution in [0.5, 0.6) is 0 Å². The summed E-state index contributed by atoms with van der Waals surface area (Å²) in [5.41, 5.74) is 0.916. The Bertz CT molecular complexity index is 1480. The summed E-state index contributed by atoms with van der Waals surface area (Å²) in [6.07, 6.45) is 5.36. The van der Waals surface area contributed by atoms with Crippen LogP contribution in [0.15, 0.2) is 82.2 Å². The summed E-state index contributed by atoms with van der Waals surface area (Å²) < 4.78 is 29.6. The maximum atomic E-state index is 14.2. The van der Waals surface area contributed by atoms with E-state index in [0.29, 0.717) is 27.7 Å². The molecule has 2 amide bonds. The molecule has 1 aliphatic carbocycles. The molecule has 0 aliphatic heterocycles. The van der Waals surface area contributed by atoms with Crippen LogP contribution in [-0.4, -0.2) is 43.8 Å². The van der Waals surface area contributed by atoms with Crippen LogP contribution in [-0.2, 0) is 26.2 Å². The minimum absolute atomic E-state index is 0.00495. The zero-order valence-corrected chi connectivity index (χ0v) is 27.2. The highest BCUT2D eigenvalue weighted by Gasteiger charge is 2.34.